The topological polar surface area (TPSA) is 77.2 Å². The number of allylic oxidation sites excluding steroid dienone is 1. The first-order valence-electron chi connectivity index (χ1n) is 2.92. The second-order valence-electron chi connectivity index (χ2n) is 2.23. The predicted molar refractivity (Wildman–Crippen MR) is 40.0 cm³/mol. The first kappa shape index (κ1) is 8.00. The normalized spacial score (nSPS) is 19.8. The van der Waals surface area contributed by atoms with Gasteiger partial charge in [0.25, 0.3) is 0 Å². The monoisotopic (exact) mass is 173 g/mol. The molecule has 0 aromatic heterocycles. The minimum absolute atomic E-state index is 0.0181. The average Bonchev–Trinajstić information content (AvgIpc) is 2.08. The summed E-state index contributed by atoms with van der Waals surface area (Å²) in [5, 5.41) is 2.09. The Kier molecular flexibility index (Phi) is 1.82. The lowest BCUT2D eigenvalue weighted by Crippen LogP contribution is -2.10. The molecule has 0 radical (unpaired) electrons. The van der Waals surface area contributed by atoms with Gasteiger partial charge in [-0.2, -0.15) is 0 Å². The van der Waals surface area contributed by atoms with Crippen molar-refractivity contribution in [2.45, 2.75) is 6.42 Å². The molecule has 0 fully saturated rings. The molecule has 60 valence electrons. The number of rotatable bonds is 2. The Morgan fingerprint density at radius 3 is 2.55 bits per heavy atom. The van der Waals surface area contributed by atoms with E-state index >= 15 is 0 Å². The van der Waals surface area contributed by atoms with Crippen molar-refractivity contribution in [1.82, 2.24) is 0 Å². The van der Waals surface area contributed by atoms with E-state index in [4.69, 9.17) is 5.73 Å². The van der Waals surface area contributed by atoms with Gasteiger partial charge in [-0.05, 0) is 11.6 Å². The van der Waals surface area contributed by atoms with Crippen molar-refractivity contribution < 1.29 is 13.2 Å². The Bertz CT molecular complexity index is 337. The SMILES string of the molecule is NC(=O)CC1=CS(=O)(=O)C=C1. The van der Waals surface area contributed by atoms with E-state index < -0.39 is 15.7 Å². The highest BCUT2D eigenvalue weighted by Gasteiger charge is 2.11. The second-order valence-corrected chi connectivity index (χ2v) is 3.91. The average molecular weight is 173 g/mol. The second kappa shape index (κ2) is 2.50. The first-order chi connectivity index (χ1) is 4.99. The molecule has 1 aliphatic rings. The molecule has 1 heterocycles. The summed E-state index contributed by atoms with van der Waals surface area (Å²) in [7, 11) is -3.19. The van der Waals surface area contributed by atoms with Gasteiger partial charge in [-0.25, -0.2) is 8.42 Å². The lowest BCUT2D eigenvalue weighted by atomic mass is 10.2. The Hall–Kier alpha value is -1.10. The van der Waals surface area contributed by atoms with Crippen LogP contribution in [0.2, 0.25) is 0 Å². The highest BCUT2D eigenvalue weighted by atomic mass is 32.2. The fourth-order valence-corrected chi connectivity index (χ4v) is 1.80. The lowest BCUT2D eigenvalue weighted by Gasteiger charge is -1.89. The Morgan fingerprint density at radius 2 is 2.18 bits per heavy atom. The molecular formula is C6H7NO3S. The maximum Gasteiger partial charge on any atom is 0.221 e. The van der Waals surface area contributed by atoms with E-state index in [2.05, 4.69) is 0 Å². The van der Waals surface area contributed by atoms with E-state index in [1.807, 2.05) is 0 Å². The molecule has 0 saturated heterocycles. The highest BCUT2D eigenvalue weighted by Crippen LogP contribution is 2.15. The maximum atomic E-state index is 10.7. The number of carbonyl (C=O) groups excluding carboxylic acids is 1. The molecule has 2 N–H and O–H groups in total. The van der Waals surface area contributed by atoms with Crippen molar-refractivity contribution >= 4 is 15.7 Å². The summed E-state index contributed by atoms with van der Waals surface area (Å²) in [5.74, 6) is -0.530. The van der Waals surface area contributed by atoms with Crippen LogP contribution in [0.3, 0.4) is 0 Å². The Balaban J connectivity index is 2.81. The van der Waals surface area contributed by atoms with Gasteiger partial charge in [0.05, 0.1) is 6.42 Å². The van der Waals surface area contributed by atoms with Crippen LogP contribution in [0.15, 0.2) is 22.5 Å². The molecule has 0 unspecified atom stereocenters. The third-order valence-corrected chi connectivity index (χ3v) is 2.31. The van der Waals surface area contributed by atoms with E-state index in [1.165, 1.54) is 6.08 Å². The van der Waals surface area contributed by atoms with Crippen LogP contribution in [0, 0.1) is 0 Å². The number of nitrogens with two attached hydrogens (primary N) is 1. The zero-order valence-corrected chi connectivity index (χ0v) is 6.47. The zero-order chi connectivity index (χ0) is 8.48. The Morgan fingerprint density at radius 1 is 1.55 bits per heavy atom. The van der Waals surface area contributed by atoms with Crippen molar-refractivity contribution in [3.63, 3.8) is 0 Å². The van der Waals surface area contributed by atoms with E-state index in [-0.39, 0.29) is 6.42 Å². The standard InChI is InChI=1S/C6H7NO3S/c7-6(8)3-5-1-2-11(9,10)4-5/h1-2,4H,3H2,(H2,7,8). The third-order valence-electron chi connectivity index (χ3n) is 1.17. The van der Waals surface area contributed by atoms with Crippen LogP contribution in [0.25, 0.3) is 0 Å². The molecule has 0 spiro atoms. The molecule has 1 rings (SSSR count). The minimum Gasteiger partial charge on any atom is -0.369 e. The van der Waals surface area contributed by atoms with Crippen LogP contribution >= 0.6 is 0 Å². The van der Waals surface area contributed by atoms with Crippen molar-refractivity contribution in [2.75, 3.05) is 0 Å². The van der Waals surface area contributed by atoms with Crippen LogP contribution in [0.4, 0.5) is 0 Å². The fraction of sp³-hybridized carbons (Fsp3) is 0.167. The quantitative estimate of drug-likeness (QED) is 0.622. The molecule has 1 aliphatic heterocycles. The van der Waals surface area contributed by atoms with E-state index in [9.17, 15) is 13.2 Å². The predicted octanol–water partition coefficient (Wildman–Crippen LogP) is -0.312. The number of carbonyl (C=O) groups is 1. The summed E-state index contributed by atoms with van der Waals surface area (Å²) in [4.78, 5) is 10.3. The summed E-state index contributed by atoms with van der Waals surface area (Å²) in [6.07, 6.45) is 1.36. The summed E-state index contributed by atoms with van der Waals surface area (Å²) >= 11 is 0. The van der Waals surface area contributed by atoms with Crippen molar-refractivity contribution in [2.24, 2.45) is 5.73 Å². The van der Waals surface area contributed by atoms with Crippen molar-refractivity contribution in [1.29, 1.82) is 0 Å². The zero-order valence-electron chi connectivity index (χ0n) is 5.65. The number of primary amides is 1. The minimum atomic E-state index is -3.19. The van der Waals surface area contributed by atoms with Gasteiger partial charge in [0, 0.05) is 10.8 Å². The van der Waals surface area contributed by atoms with Gasteiger partial charge in [0.1, 0.15) is 0 Å². The van der Waals surface area contributed by atoms with E-state index in [1.54, 1.807) is 0 Å². The molecule has 0 aliphatic carbocycles. The van der Waals surface area contributed by atoms with Gasteiger partial charge in [0.2, 0.25) is 5.91 Å². The largest absolute Gasteiger partial charge is 0.369 e. The Labute approximate surface area is 64.3 Å². The van der Waals surface area contributed by atoms with Crippen LogP contribution in [-0.4, -0.2) is 14.3 Å². The highest BCUT2D eigenvalue weighted by molar-refractivity contribution is 7.97. The van der Waals surface area contributed by atoms with Crippen LogP contribution in [0.1, 0.15) is 6.42 Å². The summed E-state index contributed by atoms with van der Waals surface area (Å²) in [6.45, 7) is 0. The summed E-state index contributed by atoms with van der Waals surface area (Å²) in [5.41, 5.74) is 5.29. The maximum absolute atomic E-state index is 10.7. The first-order valence-corrected chi connectivity index (χ1v) is 4.52. The van der Waals surface area contributed by atoms with E-state index in [0.717, 1.165) is 10.8 Å². The molecule has 0 aromatic carbocycles. The number of hydrogen-bond acceptors (Lipinski definition) is 3. The molecule has 4 nitrogen and oxygen atoms in total. The fourth-order valence-electron chi connectivity index (χ4n) is 0.774. The van der Waals surface area contributed by atoms with E-state index in [0.29, 0.717) is 5.57 Å². The van der Waals surface area contributed by atoms with Gasteiger partial charge >= 0.3 is 0 Å². The lowest BCUT2D eigenvalue weighted by molar-refractivity contribution is -0.117. The van der Waals surface area contributed by atoms with Gasteiger partial charge < -0.3 is 5.73 Å². The van der Waals surface area contributed by atoms with Crippen molar-refractivity contribution in [3.05, 3.63) is 22.5 Å². The van der Waals surface area contributed by atoms with Gasteiger partial charge in [0.15, 0.2) is 9.84 Å². The molecule has 0 aromatic rings. The molecule has 11 heavy (non-hydrogen) atoms. The van der Waals surface area contributed by atoms with Gasteiger partial charge in [-0.3, -0.25) is 4.79 Å². The number of sulfone groups is 1. The molecule has 0 atom stereocenters. The third kappa shape index (κ3) is 2.19. The molecule has 5 heteroatoms. The number of amides is 1. The summed E-state index contributed by atoms with van der Waals surface area (Å²) in [6, 6.07) is 0. The van der Waals surface area contributed by atoms with Crippen LogP contribution < -0.4 is 5.73 Å². The van der Waals surface area contributed by atoms with Crippen molar-refractivity contribution in [3.8, 4) is 0 Å². The molecule has 0 bridgehead atoms. The summed E-state index contributed by atoms with van der Waals surface area (Å²) < 4.78 is 21.4. The van der Waals surface area contributed by atoms with Crippen LogP contribution in [0.5, 0.6) is 0 Å². The van der Waals surface area contributed by atoms with Crippen LogP contribution in [-0.2, 0) is 14.6 Å². The van der Waals surface area contributed by atoms with Gasteiger partial charge in [-0.1, -0.05) is 0 Å². The number of hydrogen-bond donors (Lipinski definition) is 1. The molecule has 1 amide bonds. The molecular weight excluding hydrogens is 166 g/mol. The van der Waals surface area contributed by atoms with Gasteiger partial charge in [-0.15, -0.1) is 0 Å². The molecule has 0 saturated carbocycles. The smallest absolute Gasteiger partial charge is 0.221 e.